The highest BCUT2D eigenvalue weighted by Gasteiger charge is 2.44. The molecule has 0 spiro atoms. The highest BCUT2D eigenvalue weighted by Crippen LogP contribution is 2.37. The number of nitrogens with zero attached hydrogens (tertiary/aromatic N) is 5. The Morgan fingerprint density at radius 2 is 1.08 bits per heavy atom. The topological polar surface area (TPSA) is 81.2 Å². The van der Waals surface area contributed by atoms with Crippen molar-refractivity contribution < 1.29 is 0 Å². The molecule has 2 aliphatic heterocycles. The van der Waals surface area contributed by atoms with Crippen LogP contribution in [0, 0.1) is 0 Å². The molecule has 48 heavy (non-hydrogen) atoms. The monoisotopic (exact) mass is 671 g/mol. The van der Waals surface area contributed by atoms with E-state index < -0.39 is 0 Å². The van der Waals surface area contributed by atoms with Crippen LogP contribution >= 0.6 is 0 Å². The molecule has 8 heteroatoms. The van der Waals surface area contributed by atoms with Crippen LogP contribution in [0.2, 0.25) is 0 Å². The quantitative estimate of drug-likeness (QED) is 0.112. The SMILES string of the molecule is CCCCCCCC(CC(CNc1ncncn1)N(CCCC)C1CC(C)(C)NC(C)(C)C1)N(CCCC)C1CC(C)(C)NC(C)(C)C1. The molecule has 3 N–H and O–H groups in total. The molecule has 2 unspecified atom stereocenters. The lowest BCUT2D eigenvalue weighted by Gasteiger charge is -2.53. The van der Waals surface area contributed by atoms with E-state index in [0.29, 0.717) is 30.1 Å². The van der Waals surface area contributed by atoms with Crippen molar-refractivity contribution in [2.75, 3.05) is 25.0 Å². The van der Waals surface area contributed by atoms with Gasteiger partial charge in [0.05, 0.1) is 0 Å². The van der Waals surface area contributed by atoms with Crippen molar-refractivity contribution in [3.8, 4) is 0 Å². The summed E-state index contributed by atoms with van der Waals surface area (Å²) in [5.74, 6) is 0.692. The van der Waals surface area contributed by atoms with Crippen LogP contribution in [0.4, 0.5) is 5.95 Å². The summed E-state index contributed by atoms with van der Waals surface area (Å²) in [5.41, 5.74) is 0.450. The predicted octanol–water partition coefficient (Wildman–Crippen LogP) is 8.59. The van der Waals surface area contributed by atoms with E-state index in [9.17, 15) is 0 Å². The summed E-state index contributed by atoms with van der Waals surface area (Å²) in [7, 11) is 0. The second-order valence-corrected chi connectivity index (χ2v) is 18.2. The van der Waals surface area contributed by atoms with E-state index >= 15 is 0 Å². The normalized spacial score (nSPS) is 22.2. The van der Waals surface area contributed by atoms with E-state index in [4.69, 9.17) is 0 Å². The zero-order valence-electron chi connectivity index (χ0n) is 33.4. The van der Waals surface area contributed by atoms with Crippen molar-refractivity contribution >= 4 is 5.95 Å². The van der Waals surface area contributed by atoms with Gasteiger partial charge >= 0.3 is 0 Å². The number of unbranched alkanes of at least 4 members (excludes halogenated alkanes) is 6. The summed E-state index contributed by atoms with van der Waals surface area (Å²) >= 11 is 0. The Hall–Kier alpha value is -1.35. The number of rotatable bonds is 21. The van der Waals surface area contributed by atoms with Crippen LogP contribution in [0.25, 0.3) is 0 Å². The molecule has 2 atom stereocenters. The van der Waals surface area contributed by atoms with Crippen molar-refractivity contribution in [2.45, 2.75) is 219 Å². The lowest BCUT2D eigenvalue weighted by atomic mass is 9.77. The second kappa shape index (κ2) is 18.8. The number of anilines is 1. The van der Waals surface area contributed by atoms with Crippen LogP contribution in [-0.2, 0) is 0 Å². The summed E-state index contributed by atoms with van der Waals surface area (Å²) in [5, 5.41) is 11.7. The average Bonchev–Trinajstić information content (AvgIpc) is 2.97. The predicted molar refractivity (Wildman–Crippen MR) is 206 cm³/mol. The summed E-state index contributed by atoms with van der Waals surface area (Å²) < 4.78 is 0. The zero-order chi connectivity index (χ0) is 35.4. The third-order valence-corrected chi connectivity index (χ3v) is 10.9. The third kappa shape index (κ3) is 13.8. The standard InChI is InChI=1S/C40H78N8/c1-12-15-18-19-20-21-32(47(22-16-13-2)34-25-37(4,5)45-38(6,7)26-34)24-33(29-42-36-43-30-41-31-44-36)48(23-17-14-3)35-27-39(8,9)46-40(10,11)28-35/h30-35,45-46H,12-29H2,1-11H3,(H,41,42,43,44). The summed E-state index contributed by atoms with van der Waals surface area (Å²) in [6.07, 6.45) is 22.1. The summed E-state index contributed by atoms with van der Waals surface area (Å²) in [6, 6.07) is 2.04. The first-order chi connectivity index (χ1) is 22.6. The smallest absolute Gasteiger partial charge is 0.225 e. The van der Waals surface area contributed by atoms with E-state index in [2.05, 4.69) is 117 Å². The maximum absolute atomic E-state index is 4.49. The minimum Gasteiger partial charge on any atom is -0.353 e. The van der Waals surface area contributed by atoms with Crippen molar-refractivity contribution in [1.82, 2.24) is 35.4 Å². The Balaban J connectivity index is 2.04. The number of piperidine rings is 2. The lowest BCUT2D eigenvalue weighted by molar-refractivity contribution is 0.00396. The molecular formula is C40H78N8. The fourth-order valence-electron chi connectivity index (χ4n) is 9.61. The molecule has 278 valence electrons. The van der Waals surface area contributed by atoms with Gasteiger partial charge in [-0.25, -0.2) is 15.0 Å². The molecule has 2 fully saturated rings. The molecule has 0 amide bonds. The van der Waals surface area contributed by atoms with E-state index in [1.165, 1.54) is 103 Å². The fourth-order valence-corrected chi connectivity index (χ4v) is 9.61. The van der Waals surface area contributed by atoms with Crippen molar-refractivity contribution in [1.29, 1.82) is 0 Å². The van der Waals surface area contributed by atoms with Crippen molar-refractivity contribution in [2.24, 2.45) is 0 Å². The molecule has 1 aromatic rings. The Bertz CT molecular complexity index is 993. The Kier molecular flexibility index (Phi) is 16.1. The number of hydrogen-bond acceptors (Lipinski definition) is 8. The van der Waals surface area contributed by atoms with Crippen LogP contribution in [-0.4, -0.2) is 90.7 Å². The van der Waals surface area contributed by atoms with Crippen LogP contribution in [0.3, 0.4) is 0 Å². The number of nitrogens with one attached hydrogen (secondary N) is 3. The van der Waals surface area contributed by atoms with Gasteiger partial charge < -0.3 is 16.0 Å². The molecule has 8 nitrogen and oxygen atoms in total. The molecule has 0 aromatic carbocycles. The van der Waals surface area contributed by atoms with Gasteiger partial charge in [0.2, 0.25) is 5.95 Å². The molecule has 0 saturated carbocycles. The van der Waals surface area contributed by atoms with E-state index in [1.54, 1.807) is 12.7 Å². The van der Waals surface area contributed by atoms with E-state index in [0.717, 1.165) is 13.1 Å². The first-order valence-corrected chi connectivity index (χ1v) is 20.1. The molecule has 2 saturated heterocycles. The fraction of sp³-hybridized carbons (Fsp3) is 0.925. The lowest BCUT2D eigenvalue weighted by Crippen LogP contribution is -2.65. The summed E-state index contributed by atoms with van der Waals surface area (Å²) in [4.78, 5) is 19.0. The van der Waals surface area contributed by atoms with Crippen LogP contribution in [0.1, 0.15) is 172 Å². The van der Waals surface area contributed by atoms with Crippen LogP contribution in [0.15, 0.2) is 12.7 Å². The first-order valence-electron chi connectivity index (χ1n) is 20.1. The Labute approximate surface area is 297 Å². The van der Waals surface area contributed by atoms with Gasteiger partial charge in [0.15, 0.2) is 0 Å². The van der Waals surface area contributed by atoms with Crippen molar-refractivity contribution in [3.63, 3.8) is 0 Å². The Morgan fingerprint density at radius 1 is 0.646 bits per heavy atom. The third-order valence-electron chi connectivity index (χ3n) is 10.9. The van der Waals surface area contributed by atoms with E-state index in [-0.39, 0.29) is 22.2 Å². The van der Waals surface area contributed by atoms with Crippen LogP contribution in [0.5, 0.6) is 0 Å². The Morgan fingerprint density at radius 3 is 1.54 bits per heavy atom. The first kappa shape index (κ1) is 41.1. The minimum absolute atomic E-state index is 0.0984. The molecule has 0 aliphatic carbocycles. The zero-order valence-corrected chi connectivity index (χ0v) is 33.4. The maximum atomic E-state index is 4.49. The number of hydrogen-bond donors (Lipinski definition) is 3. The van der Waals surface area contributed by atoms with Gasteiger partial charge in [0, 0.05) is 52.9 Å². The van der Waals surface area contributed by atoms with Crippen molar-refractivity contribution in [3.05, 3.63) is 12.7 Å². The molecule has 0 radical (unpaired) electrons. The molecule has 1 aromatic heterocycles. The maximum Gasteiger partial charge on any atom is 0.225 e. The van der Waals surface area contributed by atoms with Gasteiger partial charge in [-0.1, -0.05) is 65.7 Å². The van der Waals surface area contributed by atoms with Gasteiger partial charge in [-0.15, -0.1) is 0 Å². The highest BCUT2D eigenvalue weighted by atomic mass is 15.3. The largest absolute Gasteiger partial charge is 0.353 e. The van der Waals surface area contributed by atoms with E-state index in [1.807, 2.05) is 0 Å². The second-order valence-electron chi connectivity index (χ2n) is 18.2. The van der Waals surface area contributed by atoms with Gasteiger partial charge in [-0.2, -0.15) is 0 Å². The van der Waals surface area contributed by atoms with Crippen LogP contribution < -0.4 is 16.0 Å². The minimum atomic E-state index is 0.0984. The van der Waals surface area contributed by atoms with Gasteiger partial charge in [-0.3, -0.25) is 9.80 Å². The number of aromatic nitrogens is 3. The van der Waals surface area contributed by atoms with Gasteiger partial charge in [0.25, 0.3) is 0 Å². The summed E-state index contributed by atoms with van der Waals surface area (Å²) in [6.45, 7) is 29.6. The van der Waals surface area contributed by atoms with Gasteiger partial charge in [-0.05, 0) is 120 Å². The molecule has 3 heterocycles. The molecule has 3 rings (SSSR count). The highest BCUT2D eigenvalue weighted by molar-refractivity contribution is 5.21. The molecule has 2 aliphatic rings. The van der Waals surface area contributed by atoms with Gasteiger partial charge in [0.1, 0.15) is 12.7 Å². The molecule has 0 bridgehead atoms. The molecular weight excluding hydrogens is 592 g/mol. The average molecular weight is 671 g/mol.